The summed E-state index contributed by atoms with van der Waals surface area (Å²) in [5.41, 5.74) is -1.05. The van der Waals surface area contributed by atoms with Crippen LogP contribution in [-0.4, -0.2) is 57.3 Å². The lowest BCUT2D eigenvalue weighted by molar-refractivity contribution is -0.153. The first-order valence-electron chi connectivity index (χ1n) is 10.5. The van der Waals surface area contributed by atoms with E-state index in [1.807, 2.05) is 6.92 Å². The van der Waals surface area contributed by atoms with Crippen molar-refractivity contribution in [3.05, 3.63) is 36.2 Å². The molecule has 2 saturated heterocycles. The number of carbonyl (C=O) groups excluding carboxylic acids is 3. The zero-order valence-corrected chi connectivity index (χ0v) is 17.7. The maximum absolute atomic E-state index is 15.9. The van der Waals surface area contributed by atoms with E-state index in [-0.39, 0.29) is 30.3 Å². The molecule has 4 amide bonds. The first-order valence-corrected chi connectivity index (χ1v) is 10.5. The molecular weight excluding hydrogens is 435 g/mol. The van der Waals surface area contributed by atoms with Gasteiger partial charge in [0.1, 0.15) is 6.33 Å². The molecule has 3 aromatic rings. The number of nitrogens with zero attached hydrogens (tertiary/aromatic N) is 4. The number of nitrogens with one attached hydrogen (secondary N) is 2. The smallest absolute Gasteiger partial charge is 0.328 e. The largest absolute Gasteiger partial charge is 0.372 e. The minimum atomic E-state index is -1.69. The molecule has 0 radical (unpaired) electrons. The maximum Gasteiger partial charge on any atom is 0.328 e. The summed E-state index contributed by atoms with van der Waals surface area (Å²) in [6.45, 7) is 3.81. The summed E-state index contributed by atoms with van der Waals surface area (Å²) in [5, 5.41) is 8.82. The molecule has 3 atom stereocenters. The van der Waals surface area contributed by atoms with E-state index >= 15 is 4.39 Å². The summed E-state index contributed by atoms with van der Waals surface area (Å²) >= 11 is 0. The molecule has 3 aliphatic heterocycles. The molecule has 1 spiro atoms. The molecule has 5 heterocycles. The van der Waals surface area contributed by atoms with Gasteiger partial charge >= 0.3 is 6.03 Å². The van der Waals surface area contributed by atoms with Gasteiger partial charge in [0.25, 0.3) is 0 Å². The van der Waals surface area contributed by atoms with E-state index in [2.05, 4.69) is 20.8 Å². The van der Waals surface area contributed by atoms with Gasteiger partial charge in [-0.2, -0.15) is 0 Å². The molecule has 3 aliphatic rings. The summed E-state index contributed by atoms with van der Waals surface area (Å²) in [7, 11) is 0. The van der Waals surface area contributed by atoms with Gasteiger partial charge in [0.2, 0.25) is 17.4 Å². The van der Waals surface area contributed by atoms with Gasteiger partial charge in [0.15, 0.2) is 17.1 Å². The molecule has 0 bridgehead atoms. The van der Waals surface area contributed by atoms with Crippen LogP contribution in [0.25, 0.3) is 16.8 Å². The molecule has 2 fully saturated rings. The Morgan fingerprint density at radius 1 is 1.21 bits per heavy atom. The number of morpholine rings is 1. The molecule has 0 aliphatic carbocycles. The molecule has 170 valence electrons. The molecule has 2 aromatic heterocycles. The van der Waals surface area contributed by atoms with Crippen molar-refractivity contribution in [3.8, 4) is 5.82 Å². The normalized spacial score (nSPS) is 26.2. The van der Waals surface area contributed by atoms with Gasteiger partial charge in [-0.05, 0) is 25.5 Å². The molecule has 6 rings (SSSR count). The SMILES string of the molecule is C[C@@H]1CN2c3c(cc4c(-n5ccnc5)noc4c3F)CC3(C(=O)NC(=O)NC3=O)[C@H]2[C@H](C)O1. The van der Waals surface area contributed by atoms with Crippen LogP contribution in [0.15, 0.2) is 29.3 Å². The fourth-order valence-electron chi connectivity index (χ4n) is 5.51. The third-order valence-corrected chi connectivity index (χ3v) is 6.69. The van der Waals surface area contributed by atoms with Gasteiger partial charge in [-0.1, -0.05) is 5.16 Å². The van der Waals surface area contributed by atoms with Crippen LogP contribution in [0.4, 0.5) is 14.9 Å². The number of anilines is 1. The summed E-state index contributed by atoms with van der Waals surface area (Å²) in [6.07, 6.45) is 3.69. The Bertz CT molecular complexity index is 1310. The lowest BCUT2D eigenvalue weighted by Crippen LogP contribution is -2.75. The zero-order chi connectivity index (χ0) is 23.1. The van der Waals surface area contributed by atoms with Crippen LogP contribution in [0.2, 0.25) is 0 Å². The van der Waals surface area contributed by atoms with Crippen molar-refractivity contribution in [2.75, 3.05) is 11.4 Å². The van der Waals surface area contributed by atoms with Crippen LogP contribution >= 0.6 is 0 Å². The highest BCUT2D eigenvalue weighted by molar-refractivity contribution is 6.20. The second-order valence-corrected chi connectivity index (χ2v) is 8.69. The first-order chi connectivity index (χ1) is 15.8. The van der Waals surface area contributed by atoms with Crippen molar-refractivity contribution in [1.29, 1.82) is 0 Å². The number of urea groups is 1. The second kappa shape index (κ2) is 6.61. The number of barbiturate groups is 1. The number of ether oxygens (including phenoxy) is 1. The van der Waals surface area contributed by atoms with Crippen molar-refractivity contribution >= 4 is 34.5 Å². The van der Waals surface area contributed by atoms with E-state index in [9.17, 15) is 14.4 Å². The lowest BCUT2D eigenvalue weighted by atomic mass is 9.66. The van der Waals surface area contributed by atoms with Crippen LogP contribution in [0.3, 0.4) is 0 Å². The number of hydrogen-bond donors (Lipinski definition) is 2. The summed E-state index contributed by atoms with van der Waals surface area (Å²) in [5.74, 6) is -1.77. The monoisotopic (exact) mass is 454 g/mol. The number of imidazole rings is 1. The number of amides is 4. The minimum Gasteiger partial charge on any atom is -0.372 e. The summed E-state index contributed by atoms with van der Waals surface area (Å²) in [4.78, 5) is 44.0. The molecule has 33 heavy (non-hydrogen) atoms. The molecule has 0 unspecified atom stereocenters. The number of rotatable bonds is 1. The standard InChI is InChI=1S/C21H19FN6O5/c1-9-7-28-14-11(5-12-15(13(14)22)33-26-17(12)27-4-3-23-8-27)6-21(16(28)10(2)32-9)18(29)24-20(31)25-19(21)30/h3-5,8-10,16H,6-7H2,1-2H3,(H2,24,25,29,30,31)/t9-,10+,16-/m1/s1. The Balaban J connectivity index is 1.61. The van der Waals surface area contributed by atoms with Gasteiger partial charge in [-0.3, -0.25) is 24.8 Å². The Morgan fingerprint density at radius 2 is 1.97 bits per heavy atom. The average molecular weight is 454 g/mol. The molecule has 0 saturated carbocycles. The number of carbonyl (C=O) groups is 3. The summed E-state index contributed by atoms with van der Waals surface area (Å²) in [6, 6.07) is -0.0367. The number of fused-ring (bicyclic) bond motifs is 5. The minimum absolute atomic E-state index is 0.0355. The number of aromatic nitrogens is 3. The van der Waals surface area contributed by atoms with E-state index in [1.54, 1.807) is 34.9 Å². The number of benzene rings is 1. The number of imide groups is 2. The van der Waals surface area contributed by atoms with Crippen LogP contribution in [0, 0.1) is 11.2 Å². The van der Waals surface area contributed by atoms with Gasteiger partial charge in [-0.15, -0.1) is 0 Å². The molecule has 11 nitrogen and oxygen atoms in total. The Kier molecular flexibility index (Phi) is 3.97. The summed E-state index contributed by atoms with van der Waals surface area (Å²) < 4.78 is 28.8. The van der Waals surface area contributed by atoms with E-state index < -0.39 is 41.2 Å². The van der Waals surface area contributed by atoms with Crippen molar-refractivity contribution in [2.45, 2.75) is 38.5 Å². The van der Waals surface area contributed by atoms with Crippen LogP contribution in [0.5, 0.6) is 0 Å². The highest BCUT2D eigenvalue weighted by Crippen LogP contribution is 2.49. The Labute approximate surface area is 185 Å². The first kappa shape index (κ1) is 19.9. The third kappa shape index (κ3) is 2.55. The molecule has 2 N–H and O–H groups in total. The highest BCUT2D eigenvalue weighted by atomic mass is 19.1. The van der Waals surface area contributed by atoms with Crippen molar-refractivity contribution in [1.82, 2.24) is 25.3 Å². The lowest BCUT2D eigenvalue weighted by Gasteiger charge is -2.55. The topological polar surface area (TPSA) is 132 Å². The van der Waals surface area contributed by atoms with Gasteiger partial charge in [0, 0.05) is 25.4 Å². The van der Waals surface area contributed by atoms with Gasteiger partial charge < -0.3 is 14.2 Å². The van der Waals surface area contributed by atoms with E-state index in [4.69, 9.17) is 9.26 Å². The third-order valence-electron chi connectivity index (χ3n) is 6.69. The van der Waals surface area contributed by atoms with Crippen LogP contribution in [-0.2, 0) is 20.7 Å². The number of halogens is 1. The number of hydrogen-bond acceptors (Lipinski definition) is 8. The molecule has 12 heteroatoms. The Hall–Kier alpha value is -3.80. The molecule has 1 aromatic carbocycles. The van der Waals surface area contributed by atoms with Crippen molar-refractivity contribution in [3.63, 3.8) is 0 Å². The zero-order valence-electron chi connectivity index (χ0n) is 17.7. The fraction of sp³-hybridized carbons (Fsp3) is 0.381. The predicted octanol–water partition coefficient (Wildman–Crippen LogP) is 1.04. The van der Waals surface area contributed by atoms with Crippen LogP contribution in [0.1, 0.15) is 19.4 Å². The van der Waals surface area contributed by atoms with E-state index in [1.165, 1.54) is 6.33 Å². The second-order valence-electron chi connectivity index (χ2n) is 8.69. The van der Waals surface area contributed by atoms with Gasteiger partial charge in [0.05, 0.1) is 29.3 Å². The van der Waals surface area contributed by atoms with Crippen molar-refractivity contribution in [2.24, 2.45) is 5.41 Å². The highest BCUT2D eigenvalue weighted by Gasteiger charge is 2.63. The van der Waals surface area contributed by atoms with Crippen molar-refractivity contribution < 1.29 is 28.0 Å². The molecular formula is C21H19FN6O5. The van der Waals surface area contributed by atoms with Crippen LogP contribution < -0.4 is 15.5 Å². The quantitative estimate of drug-likeness (QED) is 0.522. The maximum atomic E-state index is 15.9. The Morgan fingerprint density at radius 3 is 2.67 bits per heavy atom. The van der Waals surface area contributed by atoms with E-state index in [0.717, 1.165) is 0 Å². The predicted molar refractivity (Wildman–Crippen MR) is 110 cm³/mol. The van der Waals surface area contributed by atoms with E-state index in [0.29, 0.717) is 16.8 Å². The van der Waals surface area contributed by atoms with Gasteiger partial charge in [-0.25, -0.2) is 14.2 Å². The average Bonchev–Trinajstić information content (AvgIpc) is 3.41. The fourth-order valence-corrected chi connectivity index (χ4v) is 5.51.